The number of aliphatic carboxylic acids is 1. The zero-order valence-electron chi connectivity index (χ0n) is 8.93. The van der Waals surface area contributed by atoms with Crippen LogP contribution in [0.2, 0.25) is 0 Å². The van der Waals surface area contributed by atoms with Crippen LogP contribution in [0.4, 0.5) is 0 Å². The number of hydrogen-bond donors (Lipinski definition) is 4. The standard InChI is InChI=1S/C10H14NO5P/c11-9(10(12)13)8(6-17(14,15)16)7-4-2-1-3-5-7/h1-5,8-9H,6,11H2,(H,12,13)(H2,14,15,16). The molecule has 1 aromatic rings. The molecule has 2 atom stereocenters. The van der Waals surface area contributed by atoms with E-state index in [2.05, 4.69) is 0 Å². The fraction of sp³-hybridized carbons (Fsp3) is 0.300. The summed E-state index contributed by atoms with van der Waals surface area (Å²) < 4.78 is 11.0. The van der Waals surface area contributed by atoms with Gasteiger partial charge in [-0.3, -0.25) is 9.36 Å². The first-order chi connectivity index (χ1) is 7.81. The Labute approximate surface area is 98.2 Å². The molecule has 17 heavy (non-hydrogen) atoms. The first kappa shape index (κ1) is 13.9. The molecule has 6 nitrogen and oxygen atoms in total. The molecule has 1 aromatic carbocycles. The maximum Gasteiger partial charge on any atom is 0.326 e. The van der Waals surface area contributed by atoms with Gasteiger partial charge in [0.1, 0.15) is 6.04 Å². The van der Waals surface area contributed by atoms with Crippen LogP contribution in [0.3, 0.4) is 0 Å². The summed E-state index contributed by atoms with van der Waals surface area (Å²) in [5.41, 5.74) is 5.96. The zero-order chi connectivity index (χ0) is 13.1. The highest BCUT2D eigenvalue weighted by Gasteiger charge is 2.31. The maximum absolute atomic E-state index is 11.0. The molecule has 0 aromatic heterocycles. The van der Waals surface area contributed by atoms with E-state index in [9.17, 15) is 9.36 Å². The number of hydrogen-bond acceptors (Lipinski definition) is 3. The lowest BCUT2D eigenvalue weighted by Gasteiger charge is -2.21. The van der Waals surface area contributed by atoms with Gasteiger partial charge in [-0.1, -0.05) is 30.3 Å². The van der Waals surface area contributed by atoms with Crippen molar-refractivity contribution in [3.05, 3.63) is 35.9 Å². The molecular formula is C10H14NO5P. The largest absolute Gasteiger partial charge is 0.480 e. The van der Waals surface area contributed by atoms with Gasteiger partial charge in [0.2, 0.25) is 0 Å². The molecule has 0 aliphatic rings. The predicted octanol–water partition coefficient (Wildman–Crippen LogP) is 0.360. The van der Waals surface area contributed by atoms with E-state index < -0.39 is 31.7 Å². The first-order valence-electron chi connectivity index (χ1n) is 4.89. The number of benzene rings is 1. The van der Waals surface area contributed by atoms with Gasteiger partial charge >= 0.3 is 13.6 Å². The van der Waals surface area contributed by atoms with Crippen molar-refractivity contribution in [3.63, 3.8) is 0 Å². The van der Waals surface area contributed by atoms with Crippen LogP contribution in [0, 0.1) is 0 Å². The van der Waals surface area contributed by atoms with Crippen molar-refractivity contribution in [1.82, 2.24) is 0 Å². The van der Waals surface area contributed by atoms with Crippen LogP contribution in [0.15, 0.2) is 30.3 Å². The third-order valence-corrected chi connectivity index (χ3v) is 3.25. The number of rotatable bonds is 5. The molecule has 0 radical (unpaired) electrons. The summed E-state index contributed by atoms with van der Waals surface area (Å²) in [5.74, 6) is -2.19. The predicted molar refractivity (Wildman–Crippen MR) is 61.7 cm³/mol. The summed E-state index contributed by atoms with van der Waals surface area (Å²) in [6.07, 6.45) is -0.579. The molecule has 1 rings (SSSR count). The van der Waals surface area contributed by atoms with Crippen LogP contribution in [0.25, 0.3) is 0 Å². The highest BCUT2D eigenvalue weighted by molar-refractivity contribution is 7.51. The van der Waals surface area contributed by atoms with E-state index in [-0.39, 0.29) is 0 Å². The molecular weight excluding hydrogens is 245 g/mol. The van der Waals surface area contributed by atoms with E-state index in [1.54, 1.807) is 30.3 Å². The van der Waals surface area contributed by atoms with Crippen LogP contribution in [-0.2, 0) is 9.36 Å². The summed E-state index contributed by atoms with van der Waals surface area (Å²) in [5, 5.41) is 8.83. The van der Waals surface area contributed by atoms with Gasteiger partial charge in [-0.15, -0.1) is 0 Å². The van der Waals surface area contributed by atoms with Crippen LogP contribution in [0.1, 0.15) is 11.5 Å². The van der Waals surface area contributed by atoms with Gasteiger partial charge in [-0.2, -0.15) is 0 Å². The van der Waals surface area contributed by atoms with E-state index in [0.29, 0.717) is 5.56 Å². The van der Waals surface area contributed by atoms with E-state index in [0.717, 1.165) is 0 Å². The number of carboxylic acid groups (broad SMARTS) is 1. The molecule has 0 saturated carbocycles. The molecule has 94 valence electrons. The Morgan fingerprint density at radius 2 is 1.82 bits per heavy atom. The van der Waals surface area contributed by atoms with Gasteiger partial charge in [0, 0.05) is 5.92 Å². The second-order valence-electron chi connectivity index (χ2n) is 3.73. The minimum absolute atomic E-state index is 0.505. The lowest BCUT2D eigenvalue weighted by atomic mass is 9.94. The summed E-state index contributed by atoms with van der Waals surface area (Å²) in [4.78, 5) is 28.7. The van der Waals surface area contributed by atoms with Crippen molar-refractivity contribution >= 4 is 13.6 Å². The zero-order valence-corrected chi connectivity index (χ0v) is 9.83. The summed E-state index contributed by atoms with van der Waals surface area (Å²) in [6, 6.07) is 6.91. The lowest BCUT2D eigenvalue weighted by molar-refractivity contribution is -0.138. The molecule has 2 unspecified atom stereocenters. The normalized spacial score (nSPS) is 15.2. The average Bonchev–Trinajstić information content (AvgIpc) is 2.25. The van der Waals surface area contributed by atoms with Crippen molar-refractivity contribution in [2.45, 2.75) is 12.0 Å². The Morgan fingerprint density at radius 3 is 2.24 bits per heavy atom. The van der Waals surface area contributed by atoms with E-state index in [4.69, 9.17) is 20.6 Å². The van der Waals surface area contributed by atoms with E-state index in [1.807, 2.05) is 0 Å². The Hall–Kier alpha value is -1.20. The number of nitrogens with two attached hydrogens (primary N) is 1. The van der Waals surface area contributed by atoms with E-state index in [1.165, 1.54) is 0 Å². The molecule has 0 spiro atoms. The minimum Gasteiger partial charge on any atom is -0.480 e. The van der Waals surface area contributed by atoms with Crippen molar-refractivity contribution in [2.75, 3.05) is 6.16 Å². The van der Waals surface area contributed by atoms with Crippen LogP contribution in [0.5, 0.6) is 0 Å². The van der Waals surface area contributed by atoms with Crippen LogP contribution >= 0.6 is 7.60 Å². The number of carboxylic acids is 1. The minimum atomic E-state index is -4.32. The fourth-order valence-corrected chi connectivity index (χ4v) is 2.51. The SMILES string of the molecule is NC(C(=O)O)C(CP(=O)(O)O)c1ccccc1. The lowest BCUT2D eigenvalue weighted by Crippen LogP contribution is -2.38. The number of carbonyl (C=O) groups is 1. The van der Waals surface area contributed by atoms with Crippen molar-refractivity contribution in [3.8, 4) is 0 Å². The van der Waals surface area contributed by atoms with Crippen LogP contribution < -0.4 is 5.73 Å². The van der Waals surface area contributed by atoms with Gasteiger partial charge in [0.15, 0.2) is 0 Å². The Balaban J connectivity index is 3.03. The molecule has 7 heteroatoms. The average molecular weight is 259 g/mol. The maximum atomic E-state index is 11.0. The van der Waals surface area contributed by atoms with Crippen molar-refractivity contribution in [2.24, 2.45) is 5.73 Å². The Bertz CT molecular complexity index is 430. The van der Waals surface area contributed by atoms with E-state index >= 15 is 0 Å². The molecule has 5 N–H and O–H groups in total. The van der Waals surface area contributed by atoms with Crippen molar-refractivity contribution in [1.29, 1.82) is 0 Å². The van der Waals surface area contributed by atoms with Crippen LogP contribution in [-0.4, -0.2) is 33.1 Å². The summed E-state index contributed by atoms with van der Waals surface area (Å²) >= 11 is 0. The topological polar surface area (TPSA) is 121 Å². The third-order valence-electron chi connectivity index (χ3n) is 2.38. The van der Waals surface area contributed by atoms with Gasteiger partial charge in [-0.05, 0) is 5.56 Å². The molecule has 0 bridgehead atoms. The molecule has 0 fully saturated rings. The molecule has 0 aliphatic heterocycles. The van der Waals surface area contributed by atoms with Crippen molar-refractivity contribution < 1.29 is 24.3 Å². The molecule has 0 aliphatic carbocycles. The van der Waals surface area contributed by atoms with Gasteiger partial charge < -0.3 is 20.6 Å². The quantitative estimate of drug-likeness (QED) is 0.566. The fourth-order valence-electron chi connectivity index (χ4n) is 1.55. The third kappa shape index (κ3) is 4.28. The highest BCUT2D eigenvalue weighted by Crippen LogP contribution is 2.41. The Morgan fingerprint density at radius 1 is 1.29 bits per heavy atom. The van der Waals surface area contributed by atoms with Gasteiger partial charge in [0.25, 0.3) is 0 Å². The second kappa shape index (κ2) is 5.42. The molecule has 0 heterocycles. The highest BCUT2D eigenvalue weighted by atomic mass is 31.2. The monoisotopic (exact) mass is 259 g/mol. The summed E-state index contributed by atoms with van der Waals surface area (Å²) in [7, 11) is -4.32. The first-order valence-corrected chi connectivity index (χ1v) is 6.69. The summed E-state index contributed by atoms with van der Waals surface area (Å²) in [6.45, 7) is 0. The van der Waals surface area contributed by atoms with Gasteiger partial charge in [-0.25, -0.2) is 0 Å². The molecule has 0 saturated heterocycles. The molecule has 0 amide bonds. The van der Waals surface area contributed by atoms with Gasteiger partial charge in [0.05, 0.1) is 6.16 Å². The smallest absolute Gasteiger partial charge is 0.326 e. The Kier molecular flexibility index (Phi) is 4.42. The second-order valence-corrected chi connectivity index (χ2v) is 5.42.